The Morgan fingerprint density at radius 2 is 2.00 bits per heavy atom. The van der Waals surface area contributed by atoms with Crippen LogP contribution in [0.1, 0.15) is 10.4 Å². The van der Waals surface area contributed by atoms with Crippen LogP contribution >= 0.6 is 0 Å². The second-order valence-electron chi connectivity index (χ2n) is 6.04. The smallest absolute Gasteiger partial charge is 0.280 e. The number of rotatable bonds is 3. The quantitative estimate of drug-likeness (QED) is 0.733. The third-order valence-corrected chi connectivity index (χ3v) is 4.40. The van der Waals surface area contributed by atoms with E-state index in [0.29, 0.717) is 29.8 Å². The van der Waals surface area contributed by atoms with Crippen molar-refractivity contribution in [2.24, 2.45) is 4.99 Å². The van der Waals surface area contributed by atoms with Gasteiger partial charge in [0.15, 0.2) is 0 Å². The zero-order valence-corrected chi connectivity index (χ0v) is 14.2. The van der Waals surface area contributed by atoms with E-state index in [4.69, 9.17) is 0 Å². The Hall–Kier alpha value is -3.48. The molecule has 1 aliphatic heterocycles. The van der Waals surface area contributed by atoms with E-state index in [2.05, 4.69) is 15.3 Å². The van der Waals surface area contributed by atoms with Gasteiger partial charge in [0.25, 0.3) is 5.91 Å². The van der Waals surface area contributed by atoms with Crippen LogP contribution in [0.5, 0.6) is 0 Å². The summed E-state index contributed by atoms with van der Waals surface area (Å²) in [4.78, 5) is 33.6. The molecule has 0 radical (unpaired) electrons. The molecular formula is C19H17N5O2. The van der Waals surface area contributed by atoms with Gasteiger partial charge in [0.2, 0.25) is 12.0 Å². The summed E-state index contributed by atoms with van der Waals surface area (Å²) in [6, 6.07) is 14.5. The van der Waals surface area contributed by atoms with Crippen LogP contribution < -0.4 is 15.8 Å². The first-order valence-corrected chi connectivity index (χ1v) is 8.28. The number of nitrogens with one attached hydrogen (secondary N) is 1. The van der Waals surface area contributed by atoms with E-state index < -0.39 is 0 Å². The lowest BCUT2D eigenvalue weighted by atomic mass is 10.2. The predicted octanol–water partition coefficient (Wildman–Crippen LogP) is 1.80. The average Bonchev–Trinajstić information content (AvgIpc) is 3.18. The number of fused-ring (bicyclic) bond motifs is 3. The number of hydrogen-bond acceptors (Lipinski definition) is 4. The number of amides is 2. The van der Waals surface area contributed by atoms with Crippen molar-refractivity contribution in [3.05, 3.63) is 59.7 Å². The van der Waals surface area contributed by atoms with Gasteiger partial charge in [-0.1, -0.05) is 12.1 Å². The van der Waals surface area contributed by atoms with Gasteiger partial charge in [-0.2, -0.15) is 4.99 Å². The number of carbonyl (C=O) groups is 2. The van der Waals surface area contributed by atoms with Crippen LogP contribution in [-0.2, 0) is 11.3 Å². The molecule has 3 aromatic rings. The summed E-state index contributed by atoms with van der Waals surface area (Å²) in [5, 5.41) is 4.35. The number of benzene rings is 2. The third kappa shape index (κ3) is 2.73. The van der Waals surface area contributed by atoms with Gasteiger partial charge >= 0.3 is 0 Å². The SMILES string of the molecule is CN(C=O)c1ccc(C(=O)N=c2nc3ccccc3c3n2CCN3)cc1. The van der Waals surface area contributed by atoms with E-state index in [1.165, 1.54) is 4.90 Å². The highest BCUT2D eigenvalue weighted by molar-refractivity contribution is 5.95. The van der Waals surface area contributed by atoms with Crippen LogP contribution in [0.3, 0.4) is 0 Å². The van der Waals surface area contributed by atoms with Crippen LogP contribution in [0.4, 0.5) is 11.5 Å². The zero-order chi connectivity index (χ0) is 18.1. The Morgan fingerprint density at radius 1 is 1.23 bits per heavy atom. The fourth-order valence-corrected chi connectivity index (χ4v) is 3.01. The fourth-order valence-electron chi connectivity index (χ4n) is 3.01. The van der Waals surface area contributed by atoms with Gasteiger partial charge in [0.05, 0.1) is 5.52 Å². The molecule has 0 spiro atoms. The van der Waals surface area contributed by atoms with Crippen molar-refractivity contribution in [2.45, 2.75) is 6.54 Å². The maximum atomic E-state index is 12.6. The second kappa shape index (κ2) is 6.44. The molecule has 2 aromatic carbocycles. The molecule has 0 bridgehead atoms. The molecule has 0 saturated carbocycles. The first-order chi connectivity index (χ1) is 12.7. The standard InChI is InChI=1S/C19H17N5O2/c1-23(12-25)14-8-6-13(7-9-14)18(26)22-19-21-16-5-3-2-4-15(16)17-20-10-11-24(17)19/h2-9,12,20H,10-11H2,1H3. The van der Waals surface area contributed by atoms with E-state index in [-0.39, 0.29) is 5.91 Å². The third-order valence-electron chi connectivity index (χ3n) is 4.40. The number of anilines is 2. The largest absolute Gasteiger partial charge is 0.369 e. The summed E-state index contributed by atoms with van der Waals surface area (Å²) >= 11 is 0. The second-order valence-corrected chi connectivity index (χ2v) is 6.04. The summed E-state index contributed by atoms with van der Waals surface area (Å²) in [5.74, 6) is 0.569. The Balaban J connectivity index is 1.77. The number of carbonyl (C=O) groups excluding carboxylic acids is 2. The van der Waals surface area contributed by atoms with Gasteiger partial charge in [0, 0.05) is 36.8 Å². The Kier molecular flexibility index (Phi) is 3.96. The normalized spacial score (nSPS) is 13.3. The van der Waals surface area contributed by atoms with Gasteiger partial charge in [-0.3, -0.25) is 14.2 Å². The van der Waals surface area contributed by atoms with Gasteiger partial charge in [0.1, 0.15) is 5.82 Å². The van der Waals surface area contributed by atoms with Crippen molar-refractivity contribution in [3.63, 3.8) is 0 Å². The number of hydrogen-bond donors (Lipinski definition) is 1. The molecular weight excluding hydrogens is 330 g/mol. The van der Waals surface area contributed by atoms with E-state index in [1.54, 1.807) is 31.3 Å². The molecule has 2 amide bonds. The summed E-state index contributed by atoms with van der Waals surface area (Å²) in [5.41, 5.74) is 2.34. The average molecular weight is 347 g/mol. The molecule has 0 atom stereocenters. The minimum absolute atomic E-state index is 0.366. The molecule has 7 heteroatoms. The topological polar surface area (TPSA) is 79.6 Å². The Labute approximate surface area is 149 Å². The molecule has 1 aromatic heterocycles. The Bertz CT molecular complexity index is 1070. The van der Waals surface area contributed by atoms with E-state index >= 15 is 0 Å². The molecule has 0 fully saturated rings. The van der Waals surface area contributed by atoms with Gasteiger partial charge < -0.3 is 10.2 Å². The minimum atomic E-state index is -0.366. The maximum Gasteiger partial charge on any atom is 0.280 e. The van der Waals surface area contributed by atoms with Crippen molar-refractivity contribution >= 4 is 34.7 Å². The van der Waals surface area contributed by atoms with Crippen molar-refractivity contribution in [2.75, 3.05) is 23.8 Å². The Morgan fingerprint density at radius 3 is 2.77 bits per heavy atom. The summed E-state index contributed by atoms with van der Waals surface area (Å²) in [6.45, 7) is 1.49. The highest BCUT2D eigenvalue weighted by Gasteiger charge is 2.15. The van der Waals surface area contributed by atoms with Crippen LogP contribution in [0.15, 0.2) is 53.5 Å². The highest BCUT2D eigenvalue weighted by Crippen LogP contribution is 2.22. The van der Waals surface area contributed by atoms with Crippen LogP contribution in [0, 0.1) is 0 Å². The van der Waals surface area contributed by atoms with Crippen molar-refractivity contribution < 1.29 is 9.59 Å². The molecule has 1 N–H and O–H groups in total. The van der Waals surface area contributed by atoms with Crippen LogP contribution in [-0.4, -0.2) is 35.5 Å². The number of para-hydroxylation sites is 1. The summed E-state index contributed by atoms with van der Waals surface area (Å²) in [7, 11) is 1.65. The fraction of sp³-hybridized carbons (Fsp3) is 0.158. The van der Waals surface area contributed by atoms with Crippen molar-refractivity contribution in [1.82, 2.24) is 9.55 Å². The molecule has 7 nitrogen and oxygen atoms in total. The summed E-state index contributed by atoms with van der Waals surface area (Å²) in [6.07, 6.45) is 0.715. The lowest BCUT2D eigenvalue weighted by Crippen LogP contribution is -2.24. The molecule has 130 valence electrons. The van der Waals surface area contributed by atoms with Gasteiger partial charge in [-0.25, -0.2) is 4.98 Å². The molecule has 4 rings (SSSR count). The number of nitrogens with zero attached hydrogens (tertiary/aromatic N) is 4. The molecule has 0 saturated heterocycles. The monoisotopic (exact) mass is 347 g/mol. The first-order valence-electron chi connectivity index (χ1n) is 8.28. The zero-order valence-electron chi connectivity index (χ0n) is 14.2. The molecule has 26 heavy (non-hydrogen) atoms. The lowest BCUT2D eigenvalue weighted by Gasteiger charge is -2.10. The van der Waals surface area contributed by atoms with Gasteiger partial charge in [-0.05, 0) is 36.4 Å². The van der Waals surface area contributed by atoms with Crippen molar-refractivity contribution in [1.29, 1.82) is 0 Å². The molecule has 0 unspecified atom stereocenters. The van der Waals surface area contributed by atoms with E-state index in [0.717, 1.165) is 23.3 Å². The maximum absolute atomic E-state index is 12.6. The predicted molar refractivity (Wildman–Crippen MR) is 99.0 cm³/mol. The summed E-state index contributed by atoms with van der Waals surface area (Å²) < 4.78 is 1.93. The molecule has 1 aliphatic rings. The number of aromatic nitrogens is 2. The van der Waals surface area contributed by atoms with Crippen molar-refractivity contribution in [3.8, 4) is 0 Å². The minimum Gasteiger partial charge on any atom is -0.369 e. The first kappa shape index (κ1) is 16.0. The molecule has 0 aliphatic carbocycles. The van der Waals surface area contributed by atoms with Gasteiger partial charge in [-0.15, -0.1) is 0 Å². The van der Waals surface area contributed by atoms with E-state index in [1.807, 2.05) is 28.8 Å². The van der Waals surface area contributed by atoms with Crippen LogP contribution in [0.25, 0.3) is 10.9 Å². The molecule has 2 heterocycles. The van der Waals surface area contributed by atoms with Crippen LogP contribution in [0.2, 0.25) is 0 Å². The lowest BCUT2D eigenvalue weighted by molar-refractivity contribution is -0.107. The van der Waals surface area contributed by atoms with E-state index in [9.17, 15) is 9.59 Å². The highest BCUT2D eigenvalue weighted by atomic mass is 16.1.